The zero-order chi connectivity index (χ0) is 55.7. The Bertz CT molecular complexity index is 1560. The van der Waals surface area contributed by atoms with E-state index in [9.17, 15) is 14.4 Å². The van der Waals surface area contributed by atoms with Crippen molar-refractivity contribution in [3.8, 4) is 0 Å². The second-order valence-corrected chi connectivity index (χ2v) is 21.3. The van der Waals surface area contributed by atoms with E-state index in [1.165, 1.54) is 154 Å². The van der Waals surface area contributed by atoms with Crippen molar-refractivity contribution < 1.29 is 28.6 Å². The van der Waals surface area contributed by atoms with Crippen LogP contribution in [-0.2, 0) is 28.6 Å². The highest BCUT2D eigenvalue weighted by Gasteiger charge is 2.19. The summed E-state index contributed by atoms with van der Waals surface area (Å²) in [5, 5.41) is 0. The van der Waals surface area contributed by atoms with Crippen LogP contribution in [0.15, 0.2) is 109 Å². The summed E-state index contributed by atoms with van der Waals surface area (Å²) in [5.41, 5.74) is 0. The molecule has 0 amide bonds. The van der Waals surface area contributed by atoms with E-state index in [0.29, 0.717) is 12.8 Å². The quantitative estimate of drug-likeness (QED) is 0.0261. The van der Waals surface area contributed by atoms with Crippen molar-refractivity contribution in [1.82, 2.24) is 0 Å². The maximum atomic E-state index is 12.9. The number of esters is 3. The molecule has 0 aromatic carbocycles. The summed E-state index contributed by atoms with van der Waals surface area (Å²) in [6.45, 7) is 6.55. The van der Waals surface area contributed by atoms with Gasteiger partial charge in [0.15, 0.2) is 6.10 Å². The summed E-state index contributed by atoms with van der Waals surface area (Å²) < 4.78 is 16.9. The number of carbonyl (C=O) groups is 3. The molecule has 0 rings (SSSR count). The summed E-state index contributed by atoms with van der Waals surface area (Å²) in [5.74, 6) is -0.959. The fourth-order valence-corrected chi connectivity index (χ4v) is 8.82. The van der Waals surface area contributed by atoms with E-state index in [4.69, 9.17) is 14.2 Å². The molecule has 0 heterocycles. The van der Waals surface area contributed by atoms with E-state index in [1.54, 1.807) is 0 Å². The zero-order valence-electron chi connectivity index (χ0n) is 50.4. The zero-order valence-corrected chi connectivity index (χ0v) is 50.4. The summed E-state index contributed by atoms with van der Waals surface area (Å²) in [6, 6.07) is 0. The average molecular weight is 1070 g/mol. The summed E-state index contributed by atoms with van der Waals surface area (Å²) >= 11 is 0. The Kier molecular flexibility index (Phi) is 61.3. The maximum Gasteiger partial charge on any atom is 0.306 e. The number of rotatable bonds is 58. The molecule has 0 saturated heterocycles. The van der Waals surface area contributed by atoms with E-state index in [-0.39, 0.29) is 37.5 Å². The molecule has 77 heavy (non-hydrogen) atoms. The van der Waals surface area contributed by atoms with Gasteiger partial charge in [-0.2, -0.15) is 0 Å². The van der Waals surface area contributed by atoms with Crippen LogP contribution in [0.1, 0.15) is 303 Å². The third kappa shape index (κ3) is 62.8. The Morgan fingerprint density at radius 2 is 0.468 bits per heavy atom. The summed E-state index contributed by atoms with van der Waals surface area (Å²) in [6.07, 6.45) is 88.0. The lowest BCUT2D eigenvalue weighted by Crippen LogP contribution is -2.30. The molecule has 6 nitrogen and oxygen atoms in total. The molecule has 0 bridgehead atoms. The lowest BCUT2D eigenvalue weighted by molar-refractivity contribution is -0.167. The molecule has 0 spiro atoms. The van der Waals surface area contributed by atoms with Gasteiger partial charge < -0.3 is 14.2 Å². The minimum Gasteiger partial charge on any atom is -0.462 e. The third-order valence-corrected chi connectivity index (χ3v) is 13.7. The van der Waals surface area contributed by atoms with Crippen molar-refractivity contribution >= 4 is 17.9 Å². The van der Waals surface area contributed by atoms with E-state index in [2.05, 4.69) is 130 Å². The van der Waals surface area contributed by atoms with Crippen molar-refractivity contribution in [3.05, 3.63) is 109 Å². The second-order valence-electron chi connectivity index (χ2n) is 21.3. The summed E-state index contributed by atoms with van der Waals surface area (Å²) in [4.78, 5) is 38.3. The largest absolute Gasteiger partial charge is 0.462 e. The van der Waals surface area contributed by atoms with Crippen molar-refractivity contribution in [2.75, 3.05) is 13.2 Å². The molecule has 0 unspecified atom stereocenters. The van der Waals surface area contributed by atoms with E-state index in [1.807, 2.05) is 0 Å². The van der Waals surface area contributed by atoms with Crippen molar-refractivity contribution in [1.29, 1.82) is 0 Å². The minimum absolute atomic E-state index is 0.102. The van der Waals surface area contributed by atoms with Gasteiger partial charge in [-0.05, 0) is 135 Å². The fraction of sp³-hybridized carbons (Fsp3) is 0.704. The molecule has 0 saturated carbocycles. The Hall–Kier alpha value is -3.93. The highest BCUT2D eigenvalue weighted by atomic mass is 16.6. The number of hydrogen-bond acceptors (Lipinski definition) is 6. The first-order valence-electron chi connectivity index (χ1n) is 32.4. The smallest absolute Gasteiger partial charge is 0.306 e. The van der Waals surface area contributed by atoms with Gasteiger partial charge in [-0.15, -0.1) is 0 Å². The summed E-state index contributed by atoms with van der Waals surface area (Å²) in [7, 11) is 0. The number of allylic oxidation sites excluding steroid dienone is 18. The van der Waals surface area contributed by atoms with Crippen LogP contribution in [0.4, 0.5) is 0 Å². The molecular weight excluding hydrogens is 949 g/mol. The Balaban J connectivity index is 4.49. The SMILES string of the molecule is CCCCC/C=C\C/C=C\C/C=C\C/C=C\CCCCCC(=O)OC[C@H](COC(=O)CCCCCCCCCCCCC/C=C\CCCCCCCC)OC(=O)CCCCC/C=C\C/C=C\C/C=C\C/C=C\CCCCC. The molecule has 0 aliphatic heterocycles. The molecule has 0 N–H and O–H groups in total. The molecule has 0 aliphatic rings. The molecule has 0 radical (unpaired) electrons. The normalized spacial score (nSPS) is 12.8. The molecule has 0 fully saturated rings. The van der Waals surface area contributed by atoms with Gasteiger partial charge in [0.05, 0.1) is 0 Å². The molecule has 440 valence electrons. The van der Waals surface area contributed by atoms with Crippen LogP contribution < -0.4 is 0 Å². The molecule has 0 aliphatic carbocycles. The number of unbranched alkanes of at least 4 members (excludes halogenated alkanes) is 29. The molecule has 0 aromatic heterocycles. The van der Waals surface area contributed by atoms with Gasteiger partial charge in [-0.1, -0.05) is 259 Å². The first-order chi connectivity index (χ1) is 38.0. The van der Waals surface area contributed by atoms with Crippen LogP contribution >= 0.6 is 0 Å². The lowest BCUT2D eigenvalue weighted by Gasteiger charge is -2.18. The van der Waals surface area contributed by atoms with Gasteiger partial charge in [-0.25, -0.2) is 0 Å². The monoisotopic (exact) mass is 1070 g/mol. The van der Waals surface area contributed by atoms with Crippen LogP contribution in [0.5, 0.6) is 0 Å². The van der Waals surface area contributed by atoms with Crippen molar-refractivity contribution in [3.63, 3.8) is 0 Å². The van der Waals surface area contributed by atoms with Crippen LogP contribution in [0, 0.1) is 0 Å². The topological polar surface area (TPSA) is 78.9 Å². The van der Waals surface area contributed by atoms with Crippen molar-refractivity contribution in [2.45, 2.75) is 309 Å². The van der Waals surface area contributed by atoms with Crippen LogP contribution in [0.2, 0.25) is 0 Å². The van der Waals surface area contributed by atoms with E-state index >= 15 is 0 Å². The minimum atomic E-state index is -0.812. The van der Waals surface area contributed by atoms with Gasteiger partial charge in [0, 0.05) is 19.3 Å². The van der Waals surface area contributed by atoms with Gasteiger partial charge >= 0.3 is 17.9 Å². The molecule has 6 heteroatoms. The number of ether oxygens (including phenoxy) is 3. The Morgan fingerprint density at radius 1 is 0.260 bits per heavy atom. The average Bonchev–Trinajstić information content (AvgIpc) is 3.43. The maximum absolute atomic E-state index is 12.9. The molecule has 1 atom stereocenters. The van der Waals surface area contributed by atoms with E-state index < -0.39 is 6.10 Å². The van der Waals surface area contributed by atoms with Crippen LogP contribution in [-0.4, -0.2) is 37.2 Å². The Labute approximate surface area is 476 Å². The highest BCUT2D eigenvalue weighted by Crippen LogP contribution is 2.15. The Morgan fingerprint density at radius 3 is 0.779 bits per heavy atom. The number of carbonyl (C=O) groups excluding carboxylic acids is 3. The van der Waals surface area contributed by atoms with Crippen LogP contribution in [0.3, 0.4) is 0 Å². The first-order valence-corrected chi connectivity index (χ1v) is 32.4. The van der Waals surface area contributed by atoms with Gasteiger partial charge in [0.25, 0.3) is 0 Å². The van der Waals surface area contributed by atoms with Gasteiger partial charge in [-0.3, -0.25) is 14.4 Å². The highest BCUT2D eigenvalue weighted by molar-refractivity contribution is 5.71. The van der Waals surface area contributed by atoms with Gasteiger partial charge in [0.1, 0.15) is 13.2 Å². The van der Waals surface area contributed by atoms with Gasteiger partial charge in [0.2, 0.25) is 0 Å². The molecule has 0 aromatic rings. The molecular formula is C71H120O6. The predicted molar refractivity (Wildman–Crippen MR) is 334 cm³/mol. The first kappa shape index (κ1) is 73.1. The fourth-order valence-electron chi connectivity index (χ4n) is 8.82. The lowest BCUT2D eigenvalue weighted by atomic mass is 10.0. The van der Waals surface area contributed by atoms with Crippen molar-refractivity contribution in [2.24, 2.45) is 0 Å². The predicted octanol–water partition coefficient (Wildman–Crippen LogP) is 22.2. The number of hydrogen-bond donors (Lipinski definition) is 0. The third-order valence-electron chi connectivity index (χ3n) is 13.7. The second kappa shape index (κ2) is 64.6. The van der Waals surface area contributed by atoms with E-state index in [0.717, 1.165) is 109 Å². The van der Waals surface area contributed by atoms with Crippen LogP contribution in [0.25, 0.3) is 0 Å². The standard InChI is InChI=1S/C71H120O6/c1-4-7-10-13-16-19-22-25-28-31-34-35-38-40-43-46-49-52-55-58-61-64-70(73)76-67-68(77-71(74)65-62-59-56-53-50-47-44-41-37-33-30-27-24-21-18-15-12-9-6-3)66-75-69(72)63-60-57-54-51-48-45-42-39-36-32-29-26-23-20-17-14-11-8-5-2/h17-18,20-21,25-30,36-37,39,41,45,47-48,50,68H,4-16,19,22-24,31-35,38,40,42-44,46,49,51-67H2,1-3H3/b20-17-,21-18-,28-25-,29-26-,30-27-,39-36-,41-37-,48-45-,50-47-/t68-/m1/s1.